The first-order valence-electron chi connectivity index (χ1n) is 6.47. The lowest BCUT2D eigenvalue weighted by Crippen LogP contribution is -2.36. The maximum atomic E-state index is 11.7. The standard InChI is InChI=1S/C14H21N3O4/c1-9-6-10(7-11(13(9)15)14(19)20)17(2)8-12(18)16-4-5-21-3/h6-7H,4-5,8,15H2,1-3H3,(H,16,18)(H,19,20). The Morgan fingerprint density at radius 3 is 2.67 bits per heavy atom. The second-order valence-electron chi connectivity index (χ2n) is 4.73. The number of hydrogen-bond acceptors (Lipinski definition) is 5. The highest BCUT2D eigenvalue weighted by Gasteiger charge is 2.15. The van der Waals surface area contributed by atoms with Crippen molar-refractivity contribution >= 4 is 23.3 Å². The highest BCUT2D eigenvalue weighted by molar-refractivity contribution is 5.96. The van der Waals surface area contributed by atoms with Crippen molar-refractivity contribution < 1.29 is 19.4 Å². The van der Waals surface area contributed by atoms with E-state index in [0.29, 0.717) is 24.4 Å². The van der Waals surface area contributed by atoms with Crippen molar-refractivity contribution in [3.05, 3.63) is 23.3 Å². The van der Waals surface area contributed by atoms with E-state index in [0.717, 1.165) is 0 Å². The number of nitrogen functional groups attached to an aromatic ring is 1. The summed E-state index contributed by atoms with van der Waals surface area (Å²) in [6.07, 6.45) is 0. The Balaban J connectivity index is 2.81. The summed E-state index contributed by atoms with van der Waals surface area (Å²) in [5.74, 6) is -1.25. The number of aryl methyl sites for hydroxylation is 1. The molecule has 1 rings (SSSR count). The van der Waals surface area contributed by atoms with Crippen LogP contribution in [0, 0.1) is 6.92 Å². The average Bonchev–Trinajstić information content (AvgIpc) is 2.41. The molecule has 0 unspecified atom stereocenters. The Bertz CT molecular complexity index is 531. The molecular formula is C14H21N3O4. The molecule has 0 heterocycles. The van der Waals surface area contributed by atoms with Crippen LogP contribution in [0.2, 0.25) is 0 Å². The van der Waals surface area contributed by atoms with Crippen molar-refractivity contribution in [2.45, 2.75) is 6.92 Å². The topological polar surface area (TPSA) is 105 Å². The lowest BCUT2D eigenvalue weighted by atomic mass is 10.1. The van der Waals surface area contributed by atoms with Crippen LogP contribution in [0.15, 0.2) is 12.1 Å². The predicted octanol–water partition coefficient (Wildman–Crippen LogP) is 0.474. The zero-order valence-electron chi connectivity index (χ0n) is 12.5. The van der Waals surface area contributed by atoms with E-state index in [9.17, 15) is 9.59 Å². The van der Waals surface area contributed by atoms with Gasteiger partial charge >= 0.3 is 5.97 Å². The molecule has 0 radical (unpaired) electrons. The van der Waals surface area contributed by atoms with Gasteiger partial charge in [0.05, 0.1) is 18.7 Å². The van der Waals surface area contributed by atoms with Crippen LogP contribution < -0.4 is 16.0 Å². The van der Waals surface area contributed by atoms with Crippen LogP contribution >= 0.6 is 0 Å². The number of nitrogens with two attached hydrogens (primary N) is 1. The number of likely N-dealkylation sites (N-methyl/N-ethyl adjacent to an activating group) is 1. The van der Waals surface area contributed by atoms with Gasteiger partial charge in [-0.2, -0.15) is 0 Å². The first-order valence-corrected chi connectivity index (χ1v) is 6.47. The normalized spacial score (nSPS) is 10.2. The predicted molar refractivity (Wildman–Crippen MR) is 80.7 cm³/mol. The molecular weight excluding hydrogens is 274 g/mol. The van der Waals surface area contributed by atoms with Gasteiger partial charge in [0.1, 0.15) is 0 Å². The zero-order chi connectivity index (χ0) is 16.0. The van der Waals surface area contributed by atoms with Gasteiger partial charge in [0, 0.05) is 32.1 Å². The Morgan fingerprint density at radius 1 is 1.43 bits per heavy atom. The molecule has 0 aromatic heterocycles. The minimum absolute atomic E-state index is 0.0386. The van der Waals surface area contributed by atoms with Crippen molar-refractivity contribution in [1.29, 1.82) is 0 Å². The van der Waals surface area contributed by atoms with Crippen molar-refractivity contribution in [3.8, 4) is 0 Å². The number of rotatable bonds is 7. The molecule has 4 N–H and O–H groups in total. The number of methoxy groups -OCH3 is 1. The van der Waals surface area contributed by atoms with Crippen LogP contribution in [-0.4, -0.2) is 50.8 Å². The summed E-state index contributed by atoms with van der Waals surface area (Å²) in [5.41, 5.74) is 7.31. The Hall–Kier alpha value is -2.28. The maximum Gasteiger partial charge on any atom is 0.337 e. The zero-order valence-corrected chi connectivity index (χ0v) is 12.5. The molecule has 0 atom stereocenters. The van der Waals surface area contributed by atoms with Crippen LogP contribution in [0.4, 0.5) is 11.4 Å². The third-order valence-corrected chi connectivity index (χ3v) is 3.05. The van der Waals surface area contributed by atoms with Gasteiger partial charge in [0.15, 0.2) is 0 Å². The second kappa shape index (κ2) is 7.49. The molecule has 0 aliphatic carbocycles. The van der Waals surface area contributed by atoms with E-state index in [-0.39, 0.29) is 23.7 Å². The molecule has 1 amide bonds. The Labute approximate surface area is 123 Å². The summed E-state index contributed by atoms with van der Waals surface area (Å²) in [5, 5.41) is 11.8. The van der Waals surface area contributed by atoms with Crippen molar-refractivity contribution in [2.75, 3.05) is 44.5 Å². The Morgan fingerprint density at radius 2 is 2.10 bits per heavy atom. The highest BCUT2D eigenvalue weighted by Crippen LogP contribution is 2.24. The first kappa shape index (κ1) is 16.8. The molecule has 0 aliphatic heterocycles. The van der Waals surface area contributed by atoms with Gasteiger partial charge in [0.2, 0.25) is 5.91 Å². The van der Waals surface area contributed by atoms with Crippen LogP contribution in [-0.2, 0) is 9.53 Å². The number of carbonyl (C=O) groups is 2. The first-order chi connectivity index (χ1) is 9.86. The number of benzene rings is 1. The number of hydrogen-bond donors (Lipinski definition) is 3. The number of aromatic carboxylic acids is 1. The lowest BCUT2D eigenvalue weighted by molar-refractivity contribution is -0.119. The number of ether oxygens (including phenoxy) is 1. The van der Waals surface area contributed by atoms with E-state index in [1.165, 1.54) is 6.07 Å². The summed E-state index contributed by atoms with van der Waals surface area (Å²) < 4.78 is 4.85. The molecule has 21 heavy (non-hydrogen) atoms. The van der Waals surface area contributed by atoms with Gasteiger partial charge in [-0.3, -0.25) is 4.79 Å². The molecule has 0 spiro atoms. The Kier molecular flexibility index (Phi) is 5.98. The minimum Gasteiger partial charge on any atom is -0.478 e. The van der Waals surface area contributed by atoms with Crippen molar-refractivity contribution in [3.63, 3.8) is 0 Å². The second-order valence-corrected chi connectivity index (χ2v) is 4.73. The fourth-order valence-corrected chi connectivity index (χ4v) is 1.83. The molecule has 0 fully saturated rings. The van der Waals surface area contributed by atoms with Gasteiger partial charge in [-0.05, 0) is 24.6 Å². The fourth-order valence-electron chi connectivity index (χ4n) is 1.83. The van der Waals surface area contributed by atoms with Crippen LogP contribution in [0.5, 0.6) is 0 Å². The quantitative estimate of drug-likeness (QED) is 0.499. The van der Waals surface area contributed by atoms with E-state index in [2.05, 4.69) is 5.32 Å². The molecule has 0 saturated carbocycles. The third-order valence-electron chi connectivity index (χ3n) is 3.05. The largest absolute Gasteiger partial charge is 0.478 e. The van der Waals surface area contributed by atoms with E-state index >= 15 is 0 Å². The molecule has 7 nitrogen and oxygen atoms in total. The van der Waals surface area contributed by atoms with Gasteiger partial charge in [0.25, 0.3) is 0 Å². The molecule has 0 aliphatic rings. The molecule has 0 bridgehead atoms. The molecule has 0 saturated heterocycles. The third kappa shape index (κ3) is 4.64. The average molecular weight is 295 g/mol. The van der Waals surface area contributed by atoms with Gasteiger partial charge < -0.3 is 25.8 Å². The van der Waals surface area contributed by atoms with Gasteiger partial charge in [-0.1, -0.05) is 0 Å². The van der Waals surface area contributed by atoms with E-state index < -0.39 is 5.97 Å². The van der Waals surface area contributed by atoms with Gasteiger partial charge in [-0.25, -0.2) is 4.79 Å². The van der Waals surface area contributed by atoms with Gasteiger partial charge in [-0.15, -0.1) is 0 Å². The van der Waals surface area contributed by atoms with Crippen molar-refractivity contribution in [2.24, 2.45) is 0 Å². The number of anilines is 2. The molecule has 1 aromatic carbocycles. The SMILES string of the molecule is COCCNC(=O)CN(C)c1cc(C)c(N)c(C(=O)O)c1. The lowest BCUT2D eigenvalue weighted by Gasteiger charge is -2.20. The van der Waals surface area contributed by atoms with E-state index in [1.54, 1.807) is 32.0 Å². The summed E-state index contributed by atoms with van der Waals surface area (Å²) in [4.78, 5) is 24.5. The van der Waals surface area contributed by atoms with Crippen molar-refractivity contribution in [1.82, 2.24) is 5.32 Å². The number of carboxylic acid groups (broad SMARTS) is 1. The smallest absolute Gasteiger partial charge is 0.337 e. The van der Waals surface area contributed by atoms with Crippen LogP contribution in [0.3, 0.4) is 0 Å². The number of amides is 1. The number of carboxylic acids is 1. The number of carbonyl (C=O) groups excluding carboxylic acids is 1. The molecule has 116 valence electrons. The minimum atomic E-state index is -1.09. The van der Waals surface area contributed by atoms with Crippen LogP contribution in [0.1, 0.15) is 15.9 Å². The fraction of sp³-hybridized carbons (Fsp3) is 0.429. The number of nitrogens with zero attached hydrogens (tertiary/aromatic N) is 1. The number of nitrogens with one attached hydrogen (secondary N) is 1. The maximum absolute atomic E-state index is 11.7. The monoisotopic (exact) mass is 295 g/mol. The summed E-state index contributed by atoms with van der Waals surface area (Å²) in [6.45, 7) is 2.73. The van der Waals surface area contributed by atoms with Crippen LogP contribution in [0.25, 0.3) is 0 Å². The molecule has 1 aromatic rings. The highest BCUT2D eigenvalue weighted by atomic mass is 16.5. The molecule has 7 heteroatoms. The van der Waals surface area contributed by atoms with E-state index in [4.69, 9.17) is 15.6 Å². The summed E-state index contributed by atoms with van der Waals surface area (Å²) in [7, 11) is 3.27. The summed E-state index contributed by atoms with van der Waals surface area (Å²) >= 11 is 0. The van der Waals surface area contributed by atoms with E-state index in [1.807, 2.05) is 0 Å². The summed E-state index contributed by atoms with van der Waals surface area (Å²) in [6, 6.07) is 3.22.